The van der Waals surface area contributed by atoms with Gasteiger partial charge in [0.05, 0.1) is 19.1 Å². The predicted octanol–water partition coefficient (Wildman–Crippen LogP) is 3.48. The number of carbonyl (C=O) groups is 1. The van der Waals surface area contributed by atoms with Crippen LogP contribution in [0, 0.1) is 0 Å². The topological polar surface area (TPSA) is 97.8 Å². The van der Waals surface area contributed by atoms with Crippen LogP contribution in [0.5, 0.6) is 11.5 Å². The second kappa shape index (κ2) is 9.16. The molecule has 9 heteroatoms. The fourth-order valence-electron chi connectivity index (χ4n) is 4.44. The standard InChI is InChI=1S/C26H25N3O5S/c1-33-22-5-3-17-4-6-23(13-19(17)12-22)35(31,32)28-24-8-10-29(26(24)30)16-21-11-20-15-27-9-7-18(20)14-25(21)34-2/h3-7,9,11-15,24,28H,8,10,16H2,1-2H3. The number of hydrogen-bond acceptors (Lipinski definition) is 6. The molecule has 1 aromatic heterocycles. The largest absolute Gasteiger partial charge is 0.497 e. The zero-order chi connectivity index (χ0) is 24.6. The Labute approximate surface area is 203 Å². The Morgan fingerprint density at radius 3 is 2.60 bits per heavy atom. The minimum absolute atomic E-state index is 0.105. The second-order valence-corrected chi connectivity index (χ2v) is 10.2. The third kappa shape index (κ3) is 4.52. The van der Waals surface area contributed by atoms with Crippen LogP contribution in [0.4, 0.5) is 0 Å². The molecule has 1 unspecified atom stereocenters. The Morgan fingerprint density at radius 2 is 1.80 bits per heavy atom. The van der Waals surface area contributed by atoms with E-state index >= 15 is 0 Å². The molecule has 3 aromatic carbocycles. The highest BCUT2D eigenvalue weighted by Crippen LogP contribution is 2.29. The summed E-state index contributed by atoms with van der Waals surface area (Å²) in [6.45, 7) is 0.760. The van der Waals surface area contributed by atoms with Crippen molar-refractivity contribution in [3.05, 3.63) is 72.6 Å². The molecule has 0 saturated carbocycles. The van der Waals surface area contributed by atoms with Crippen LogP contribution in [0.15, 0.2) is 71.9 Å². The molecule has 0 aliphatic carbocycles. The van der Waals surface area contributed by atoms with Crippen molar-refractivity contribution in [2.24, 2.45) is 0 Å². The van der Waals surface area contributed by atoms with Gasteiger partial charge in [-0.2, -0.15) is 4.72 Å². The van der Waals surface area contributed by atoms with E-state index in [1.54, 1.807) is 55.8 Å². The van der Waals surface area contributed by atoms with Gasteiger partial charge >= 0.3 is 0 Å². The Morgan fingerprint density at radius 1 is 0.971 bits per heavy atom. The van der Waals surface area contributed by atoms with Crippen molar-refractivity contribution in [1.82, 2.24) is 14.6 Å². The fraction of sp³-hybridized carbons (Fsp3) is 0.231. The first-order valence-electron chi connectivity index (χ1n) is 11.2. The number of nitrogens with zero attached hydrogens (tertiary/aromatic N) is 2. The first-order valence-corrected chi connectivity index (χ1v) is 12.7. The zero-order valence-electron chi connectivity index (χ0n) is 19.4. The Bertz CT molecular complexity index is 1540. The van der Waals surface area contributed by atoms with Crippen LogP contribution in [0.3, 0.4) is 0 Å². The van der Waals surface area contributed by atoms with Gasteiger partial charge in [-0.1, -0.05) is 12.1 Å². The van der Waals surface area contributed by atoms with E-state index in [0.717, 1.165) is 27.1 Å². The molecule has 1 aliphatic rings. The molecule has 2 heterocycles. The van der Waals surface area contributed by atoms with Crippen LogP contribution >= 0.6 is 0 Å². The maximum Gasteiger partial charge on any atom is 0.241 e. The number of ether oxygens (including phenoxy) is 2. The highest BCUT2D eigenvalue weighted by Gasteiger charge is 2.35. The lowest BCUT2D eigenvalue weighted by atomic mass is 10.1. The summed E-state index contributed by atoms with van der Waals surface area (Å²) >= 11 is 0. The highest BCUT2D eigenvalue weighted by molar-refractivity contribution is 7.89. The van der Waals surface area contributed by atoms with Gasteiger partial charge in [-0.25, -0.2) is 8.42 Å². The van der Waals surface area contributed by atoms with Crippen LogP contribution in [-0.4, -0.2) is 51.0 Å². The van der Waals surface area contributed by atoms with Gasteiger partial charge in [0.2, 0.25) is 15.9 Å². The summed E-state index contributed by atoms with van der Waals surface area (Å²) in [5, 5.41) is 3.57. The van der Waals surface area contributed by atoms with Crippen LogP contribution in [0.1, 0.15) is 12.0 Å². The predicted molar refractivity (Wildman–Crippen MR) is 133 cm³/mol. The lowest BCUT2D eigenvalue weighted by Gasteiger charge is -2.19. The molecule has 0 radical (unpaired) electrons. The quantitative estimate of drug-likeness (QED) is 0.425. The molecule has 8 nitrogen and oxygen atoms in total. The number of sulfonamides is 1. The first-order chi connectivity index (χ1) is 16.9. The van der Waals surface area contributed by atoms with Crippen LogP contribution in [-0.2, 0) is 21.4 Å². The lowest BCUT2D eigenvalue weighted by Crippen LogP contribution is -2.41. The van der Waals surface area contributed by atoms with Gasteiger partial charge in [0.1, 0.15) is 17.5 Å². The molecule has 0 spiro atoms. The number of nitrogens with one attached hydrogen (secondary N) is 1. The van der Waals surface area contributed by atoms with Gasteiger partial charge in [0.15, 0.2) is 0 Å². The summed E-state index contributed by atoms with van der Waals surface area (Å²) in [5.74, 6) is 1.05. The average molecular weight is 492 g/mol. The van der Waals surface area contributed by atoms with E-state index in [0.29, 0.717) is 31.0 Å². The molecule has 35 heavy (non-hydrogen) atoms. The van der Waals surface area contributed by atoms with Gasteiger partial charge in [0.25, 0.3) is 0 Å². The molecule has 1 N–H and O–H groups in total. The smallest absolute Gasteiger partial charge is 0.241 e. The SMILES string of the molecule is COc1ccc2ccc(S(=O)(=O)NC3CCN(Cc4cc5cnccc5cc4OC)C3=O)cc2c1. The van der Waals surface area contributed by atoms with Crippen molar-refractivity contribution in [3.8, 4) is 11.5 Å². The van der Waals surface area contributed by atoms with Crippen LogP contribution in [0.25, 0.3) is 21.5 Å². The van der Waals surface area contributed by atoms with Crippen molar-refractivity contribution in [1.29, 1.82) is 0 Å². The number of fused-ring (bicyclic) bond motifs is 2. The fourth-order valence-corrected chi connectivity index (χ4v) is 5.70. The Kier molecular flexibility index (Phi) is 6.04. The third-order valence-electron chi connectivity index (χ3n) is 6.33. The van der Waals surface area contributed by atoms with Gasteiger partial charge in [-0.05, 0) is 65.0 Å². The highest BCUT2D eigenvalue weighted by atomic mass is 32.2. The number of carbonyl (C=O) groups excluding carboxylic acids is 1. The monoisotopic (exact) mass is 491 g/mol. The number of amides is 1. The number of hydrogen-bond donors (Lipinski definition) is 1. The first kappa shape index (κ1) is 23.1. The third-order valence-corrected chi connectivity index (χ3v) is 7.79. The second-order valence-electron chi connectivity index (χ2n) is 8.48. The van der Waals surface area contributed by atoms with Crippen molar-refractivity contribution < 1.29 is 22.7 Å². The molecule has 0 bridgehead atoms. The number of methoxy groups -OCH3 is 2. The minimum Gasteiger partial charge on any atom is -0.497 e. The van der Waals surface area contributed by atoms with Crippen molar-refractivity contribution in [2.45, 2.75) is 23.9 Å². The van der Waals surface area contributed by atoms with Crippen molar-refractivity contribution in [3.63, 3.8) is 0 Å². The number of aromatic nitrogens is 1. The van der Waals surface area contributed by atoms with E-state index < -0.39 is 16.1 Å². The summed E-state index contributed by atoms with van der Waals surface area (Å²) in [5.41, 5.74) is 0.841. The molecule has 1 saturated heterocycles. The number of rotatable bonds is 7. The van der Waals surface area contributed by atoms with E-state index in [1.807, 2.05) is 30.3 Å². The molecule has 1 atom stereocenters. The van der Waals surface area contributed by atoms with E-state index in [1.165, 1.54) is 0 Å². The van der Waals surface area contributed by atoms with E-state index in [-0.39, 0.29) is 10.8 Å². The molecule has 1 fully saturated rings. The summed E-state index contributed by atoms with van der Waals surface area (Å²) in [6.07, 6.45) is 3.87. The van der Waals surface area contributed by atoms with Gasteiger partial charge in [-0.3, -0.25) is 9.78 Å². The maximum absolute atomic E-state index is 13.1. The molecule has 1 amide bonds. The summed E-state index contributed by atoms with van der Waals surface area (Å²) in [4.78, 5) is 19.0. The number of pyridine rings is 1. The van der Waals surface area contributed by atoms with E-state index in [4.69, 9.17) is 9.47 Å². The normalized spacial score (nSPS) is 16.2. The molecular formula is C26H25N3O5S. The maximum atomic E-state index is 13.1. The summed E-state index contributed by atoms with van der Waals surface area (Å²) in [7, 11) is -0.745. The molecule has 4 aromatic rings. The van der Waals surface area contributed by atoms with Crippen molar-refractivity contribution in [2.75, 3.05) is 20.8 Å². The van der Waals surface area contributed by atoms with Crippen LogP contribution in [0.2, 0.25) is 0 Å². The van der Waals surface area contributed by atoms with E-state index in [2.05, 4.69) is 9.71 Å². The minimum atomic E-state index is -3.90. The van der Waals surface area contributed by atoms with Gasteiger partial charge in [-0.15, -0.1) is 0 Å². The van der Waals surface area contributed by atoms with Gasteiger partial charge < -0.3 is 14.4 Å². The lowest BCUT2D eigenvalue weighted by molar-refractivity contribution is -0.129. The number of likely N-dealkylation sites (tertiary alicyclic amines) is 1. The zero-order valence-corrected chi connectivity index (χ0v) is 20.2. The van der Waals surface area contributed by atoms with Gasteiger partial charge in [0, 0.05) is 36.4 Å². The average Bonchev–Trinajstić information content (AvgIpc) is 3.20. The van der Waals surface area contributed by atoms with Crippen LogP contribution < -0.4 is 14.2 Å². The Hall–Kier alpha value is -3.69. The molecule has 1 aliphatic heterocycles. The van der Waals surface area contributed by atoms with Crippen molar-refractivity contribution >= 4 is 37.5 Å². The van der Waals surface area contributed by atoms with E-state index in [9.17, 15) is 13.2 Å². The molecular weight excluding hydrogens is 466 g/mol. The number of benzene rings is 3. The molecule has 5 rings (SSSR count). The Balaban J connectivity index is 1.34. The summed E-state index contributed by atoms with van der Waals surface area (Å²) < 4.78 is 39.6. The molecule has 180 valence electrons. The summed E-state index contributed by atoms with van der Waals surface area (Å²) in [6, 6.07) is 15.3.